The Labute approximate surface area is 115 Å². The molecule has 0 radical (unpaired) electrons. The van der Waals surface area contributed by atoms with Crippen LogP contribution < -0.4 is 5.32 Å². The van der Waals surface area contributed by atoms with E-state index in [2.05, 4.69) is 37.8 Å². The van der Waals surface area contributed by atoms with Crippen LogP contribution in [0.1, 0.15) is 24.6 Å². The van der Waals surface area contributed by atoms with Gasteiger partial charge in [-0.1, -0.05) is 6.08 Å². The van der Waals surface area contributed by atoms with Gasteiger partial charge in [0.2, 0.25) is 0 Å². The lowest BCUT2D eigenvalue weighted by atomic mass is 10.4. The van der Waals surface area contributed by atoms with Crippen LogP contribution in [0.3, 0.4) is 0 Å². The van der Waals surface area contributed by atoms with Crippen molar-refractivity contribution >= 4 is 33.5 Å². The number of anilines is 1. The standard InChI is InChI=1S/C12H16BrN3S/c1-2-6-17-7-5-14-11-8-10(13)15-12(16-11)9-3-4-9/h2,8-9H,1,3-7H2,(H,14,15,16). The molecule has 92 valence electrons. The van der Waals surface area contributed by atoms with Crippen molar-refractivity contribution in [2.75, 3.05) is 23.4 Å². The highest BCUT2D eigenvalue weighted by Crippen LogP contribution is 2.38. The van der Waals surface area contributed by atoms with Gasteiger partial charge in [-0.15, -0.1) is 6.58 Å². The Morgan fingerprint density at radius 2 is 2.35 bits per heavy atom. The molecule has 5 heteroatoms. The van der Waals surface area contributed by atoms with E-state index in [-0.39, 0.29) is 0 Å². The van der Waals surface area contributed by atoms with E-state index in [4.69, 9.17) is 0 Å². The van der Waals surface area contributed by atoms with Crippen LogP contribution in [0.2, 0.25) is 0 Å². The van der Waals surface area contributed by atoms with Gasteiger partial charge >= 0.3 is 0 Å². The largest absolute Gasteiger partial charge is 0.369 e. The maximum Gasteiger partial charge on any atom is 0.135 e. The molecule has 0 spiro atoms. The predicted molar refractivity (Wildman–Crippen MR) is 77.7 cm³/mol. The van der Waals surface area contributed by atoms with Crippen LogP contribution in [0.5, 0.6) is 0 Å². The summed E-state index contributed by atoms with van der Waals surface area (Å²) in [6, 6.07) is 1.93. The molecule has 1 aromatic heterocycles. The monoisotopic (exact) mass is 313 g/mol. The third kappa shape index (κ3) is 4.32. The van der Waals surface area contributed by atoms with Gasteiger partial charge in [-0.25, -0.2) is 9.97 Å². The molecule has 0 atom stereocenters. The quantitative estimate of drug-likeness (QED) is 0.475. The third-order valence-electron chi connectivity index (χ3n) is 2.44. The molecular weight excluding hydrogens is 298 g/mol. The first-order valence-electron chi connectivity index (χ1n) is 5.76. The summed E-state index contributed by atoms with van der Waals surface area (Å²) >= 11 is 5.30. The summed E-state index contributed by atoms with van der Waals surface area (Å²) in [5.74, 6) is 4.55. The Hall–Kier alpha value is -0.550. The molecule has 1 fully saturated rings. The molecule has 1 saturated carbocycles. The number of aromatic nitrogens is 2. The number of rotatable bonds is 7. The minimum absolute atomic E-state index is 0.586. The molecule has 0 bridgehead atoms. The van der Waals surface area contributed by atoms with Crippen LogP contribution in [0.15, 0.2) is 23.3 Å². The van der Waals surface area contributed by atoms with Gasteiger partial charge in [0.15, 0.2) is 0 Å². The maximum atomic E-state index is 4.53. The number of thioether (sulfide) groups is 1. The molecule has 1 aliphatic rings. The molecule has 17 heavy (non-hydrogen) atoms. The fraction of sp³-hybridized carbons (Fsp3) is 0.500. The normalized spacial score (nSPS) is 14.6. The van der Waals surface area contributed by atoms with E-state index in [1.807, 2.05) is 23.9 Å². The fourth-order valence-corrected chi connectivity index (χ4v) is 2.45. The molecule has 0 saturated heterocycles. The molecule has 1 N–H and O–H groups in total. The van der Waals surface area contributed by atoms with E-state index in [0.717, 1.165) is 34.3 Å². The summed E-state index contributed by atoms with van der Waals surface area (Å²) < 4.78 is 0.871. The van der Waals surface area contributed by atoms with E-state index in [1.54, 1.807) is 0 Å². The van der Waals surface area contributed by atoms with Crippen molar-refractivity contribution in [3.8, 4) is 0 Å². The lowest BCUT2D eigenvalue weighted by Crippen LogP contribution is -2.07. The number of halogens is 1. The van der Waals surface area contributed by atoms with Gasteiger partial charge in [0.25, 0.3) is 0 Å². The highest BCUT2D eigenvalue weighted by Gasteiger charge is 2.27. The number of hydrogen-bond acceptors (Lipinski definition) is 4. The molecule has 3 nitrogen and oxygen atoms in total. The Balaban J connectivity index is 1.84. The minimum Gasteiger partial charge on any atom is -0.369 e. The van der Waals surface area contributed by atoms with Gasteiger partial charge in [-0.3, -0.25) is 0 Å². The SMILES string of the molecule is C=CCSCCNc1cc(Br)nc(C2CC2)n1. The zero-order valence-electron chi connectivity index (χ0n) is 9.66. The summed E-state index contributed by atoms with van der Waals surface area (Å²) in [7, 11) is 0. The first-order chi connectivity index (χ1) is 8.29. The minimum atomic E-state index is 0.586. The molecule has 0 aromatic carbocycles. The lowest BCUT2D eigenvalue weighted by molar-refractivity contribution is 0.913. The Morgan fingerprint density at radius 1 is 1.53 bits per heavy atom. The van der Waals surface area contributed by atoms with Crippen LogP contribution in [-0.4, -0.2) is 28.0 Å². The molecular formula is C12H16BrN3S. The smallest absolute Gasteiger partial charge is 0.135 e. The van der Waals surface area contributed by atoms with Crippen LogP contribution in [-0.2, 0) is 0 Å². The highest BCUT2D eigenvalue weighted by atomic mass is 79.9. The Bertz CT molecular complexity index is 393. The third-order valence-corrected chi connectivity index (χ3v) is 3.81. The summed E-state index contributed by atoms with van der Waals surface area (Å²) in [5, 5.41) is 3.33. The lowest BCUT2D eigenvalue weighted by Gasteiger charge is -2.07. The Kier molecular flexibility index (Phi) is 4.86. The second kappa shape index (κ2) is 6.40. The first-order valence-corrected chi connectivity index (χ1v) is 7.71. The number of nitrogens with zero attached hydrogens (tertiary/aromatic N) is 2. The van der Waals surface area contributed by atoms with Gasteiger partial charge in [-0.2, -0.15) is 11.8 Å². The zero-order valence-corrected chi connectivity index (χ0v) is 12.1. The predicted octanol–water partition coefficient (Wildman–Crippen LogP) is 3.45. The topological polar surface area (TPSA) is 37.8 Å². The van der Waals surface area contributed by atoms with Gasteiger partial charge in [0, 0.05) is 30.0 Å². The summed E-state index contributed by atoms with van der Waals surface area (Å²) in [6.45, 7) is 4.62. The zero-order chi connectivity index (χ0) is 12.1. The van der Waals surface area contributed by atoms with Crippen molar-refractivity contribution in [3.05, 3.63) is 29.1 Å². The van der Waals surface area contributed by atoms with Crippen molar-refractivity contribution < 1.29 is 0 Å². The highest BCUT2D eigenvalue weighted by molar-refractivity contribution is 9.10. The average Bonchev–Trinajstić information content (AvgIpc) is 3.12. The van der Waals surface area contributed by atoms with E-state index in [9.17, 15) is 0 Å². The molecule has 1 heterocycles. The van der Waals surface area contributed by atoms with Gasteiger partial charge in [0.05, 0.1) is 0 Å². The van der Waals surface area contributed by atoms with Gasteiger partial charge in [0.1, 0.15) is 16.2 Å². The number of hydrogen-bond donors (Lipinski definition) is 1. The van der Waals surface area contributed by atoms with Crippen molar-refractivity contribution in [1.29, 1.82) is 0 Å². The summed E-state index contributed by atoms with van der Waals surface area (Å²) in [6.07, 6.45) is 4.38. The molecule has 1 aliphatic carbocycles. The Morgan fingerprint density at radius 3 is 3.06 bits per heavy atom. The van der Waals surface area contributed by atoms with Gasteiger partial charge in [-0.05, 0) is 28.8 Å². The second-order valence-electron chi connectivity index (χ2n) is 4.00. The van der Waals surface area contributed by atoms with Crippen molar-refractivity contribution in [3.63, 3.8) is 0 Å². The van der Waals surface area contributed by atoms with E-state index in [0.29, 0.717) is 5.92 Å². The van der Waals surface area contributed by atoms with Crippen molar-refractivity contribution in [2.24, 2.45) is 0 Å². The first kappa shape index (κ1) is 12.9. The van der Waals surface area contributed by atoms with E-state index < -0.39 is 0 Å². The van der Waals surface area contributed by atoms with Gasteiger partial charge < -0.3 is 5.32 Å². The van der Waals surface area contributed by atoms with Crippen LogP contribution in [0.25, 0.3) is 0 Å². The van der Waals surface area contributed by atoms with Crippen molar-refractivity contribution in [2.45, 2.75) is 18.8 Å². The molecule has 0 aliphatic heterocycles. The molecule has 0 amide bonds. The molecule has 1 aromatic rings. The molecule has 2 rings (SSSR count). The summed E-state index contributed by atoms with van der Waals surface area (Å²) in [4.78, 5) is 8.93. The van der Waals surface area contributed by atoms with Crippen molar-refractivity contribution in [1.82, 2.24) is 9.97 Å². The summed E-state index contributed by atoms with van der Waals surface area (Å²) in [5.41, 5.74) is 0. The second-order valence-corrected chi connectivity index (χ2v) is 5.96. The average molecular weight is 314 g/mol. The maximum absolute atomic E-state index is 4.53. The molecule has 0 unspecified atom stereocenters. The van der Waals surface area contributed by atoms with Crippen LogP contribution in [0.4, 0.5) is 5.82 Å². The van der Waals surface area contributed by atoms with Crippen LogP contribution in [0, 0.1) is 0 Å². The number of nitrogens with one attached hydrogen (secondary N) is 1. The fourth-order valence-electron chi connectivity index (χ4n) is 1.47. The van der Waals surface area contributed by atoms with Crippen LogP contribution >= 0.6 is 27.7 Å². The van der Waals surface area contributed by atoms with E-state index in [1.165, 1.54) is 12.8 Å². The van der Waals surface area contributed by atoms with E-state index >= 15 is 0 Å².